The Kier molecular flexibility index (Phi) is 4.52. The Hall–Kier alpha value is -0.980. The number of nitrogens with zero attached hydrogens (tertiary/aromatic N) is 3. The van der Waals surface area contributed by atoms with Crippen LogP contribution in [0.2, 0.25) is 0 Å². The van der Waals surface area contributed by atoms with Crippen molar-refractivity contribution in [1.82, 2.24) is 20.3 Å². The van der Waals surface area contributed by atoms with E-state index >= 15 is 0 Å². The first kappa shape index (κ1) is 15.9. The number of nitrogens with one attached hydrogen (secondary N) is 1. The van der Waals surface area contributed by atoms with Crippen molar-refractivity contribution in [3.63, 3.8) is 0 Å². The van der Waals surface area contributed by atoms with Crippen LogP contribution in [-0.4, -0.2) is 51.0 Å². The monoisotopic (exact) mass is 308 g/mol. The van der Waals surface area contributed by atoms with Crippen LogP contribution in [0.5, 0.6) is 0 Å². The quantitative estimate of drug-likeness (QED) is 0.875. The molecule has 3 rings (SSSR count). The lowest BCUT2D eigenvalue weighted by molar-refractivity contribution is 0.0734. The largest absolute Gasteiger partial charge is 0.389 e. The van der Waals surface area contributed by atoms with Crippen molar-refractivity contribution in [1.29, 1.82) is 0 Å². The number of hydrogen-bond donors (Lipinski definition) is 2. The molecule has 1 aromatic rings. The van der Waals surface area contributed by atoms with Gasteiger partial charge in [-0.3, -0.25) is 0 Å². The fourth-order valence-corrected chi connectivity index (χ4v) is 3.34. The molecule has 0 unspecified atom stereocenters. The van der Waals surface area contributed by atoms with Crippen LogP contribution in [0.15, 0.2) is 6.20 Å². The molecule has 6 heteroatoms. The van der Waals surface area contributed by atoms with Crippen LogP contribution in [-0.2, 0) is 16.7 Å². The van der Waals surface area contributed by atoms with Crippen LogP contribution in [0.4, 0.5) is 0 Å². The summed E-state index contributed by atoms with van der Waals surface area (Å²) in [5.41, 5.74) is 0.974. The van der Waals surface area contributed by atoms with Crippen molar-refractivity contribution < 1.29 is 9.84 Å². The molecular formula is C16H28N4O2. The van der Waals surface area contributed by atoms with E-state index in [4.69, 9.17) is 4.74 Å². The minimum absolute atomic E-state index is 0.00417. The summed E-state index contributed by atoms with van der Waals surface area (Å²) in [4.78, 5) is 0. The highest BCUT2D eigenvalue weighted by Crippen LogP contribution is 2.24. The van der Waals surface area contributed by atoms with Crippen LogP contribution in [0.1, 0.15) is 52.1 Å². The molecule has 0 radical (unpaired) electrons. The molecule has 2 fully saturated rings. The summed E-state index contributed by atoms with van der Waals surface area (Å²) in [6, 6.07) is 0.509. The third kappa shape index (κ3) is 3.50. The first-order valence-electron chi connectivity index (χ1n) is 8.40. The van der Waals surface area contributed by atoms with Gasteiger partial charge in [0.2, 0.25) is 0 Å². The summed E-state index contributed by atoms with van der Waals surface area (Å²) < 4.78 is 7.63. The van der Waals surface area contributed by atoms with Gasteiger partial charge in [0.15, 0.2) is 0 Å². The predicted octanol–water partition coefficient (Wildman–Crippen LogP) is 1.24. The molecule has 1 aliphatic carbocycles. The maximum atomic E-state index is 10.2. The number of rotatable bonds is 4. The predicted molar refractivity (Wildman–Crippen MR) is 83.6 cm³/mol. The fourth-order valence-electron chi connectivity index (χ4n) is 3.34. The SMILES string of the molecule is CC(C)(C)c1cn(C[C@H]2OC[C@H](O)[C@H]2NC2CCCC2)nn1. The Morgan fingerprint density at radius 2 is 2.09 bits per heavy atom. The van der Waals surface area contributed by atoms with Crippen molar-refractivity contribution in [3.8, 4) is 0 Å². The second kappa shape index (κ2) is 6.26. The summed E-state index contributed by atoms with van der Waals surface area (Å²) in [5, 5.41) is 22.3. The second-order valence-corrected chi connectivity index (χ2v) is 7.69. The molecule has 2 N–H and O–H groups in total. The van der Waals surface area contributed by atoms with E-state index in [1.165, 1.54) is 25.7 Å². The minimum Gasteiger partial charge on any atom is -0.389 e. The maximum absolute atomic E-state index is 10.2. The minimum atomic E-state index is -0.434. The number of hydrogen-bond acceptors (Lipinski definition) is 5. The van der Waals surface area contributed by atoms with Crippen LogP contribution in [0.3, 0.4) is 0 Å². The van der Waals surface area contributed by atoms with Crippen molar-refractivity contribution in [3.05, 3.63) is 11.9 Å². The molecule has 2 heterocycles. The molecule has 1 saturated heterocycles. The van der Waals surface area contributed by atoms with Crippen molar-refractivity contribution in [2.24, 2.45) is 0 Å². The molecule has 1 saturated carbocycles. The smallest absolute Gasteiger partial charge is 0.0952 e. The molecule has 0 bridgehead atoms. The number of aromatic nitrogens is 3. The summed E-state index contributed by atoms with van der Waals surface area (Å²) in [7, 11) is 0. The van der Waals surface area contributed by atoms with Crippen molar-refractivity contribution in [2.45, 2.75) is 82.7 Å². The Labute approximate surface area is 132 Å². The Balaban J connectivity index is 1.63. The third-order valence-corrected chi connectivity index (χ3v) is 4.75. The summed E-state index contributed by atoms with van der Waals surface area (Å²) in [5.74, 6) is 0. The van der Waals surface area contributed by atoms with Gasteiger partial charge < -0.3 is 15.2 Å². The molecule has 22 heavy (non-hydrogen) atoms. The zero-order chi connectivity index (χ0) is 15.7. The summed E-state index contributed by atoms with van der Waals surface area (Å²) in [6.07, 6.45) is 6.47. The van der Waals surface area contributed by atoms with Gasteiger partial charge in [-0.1, -0.05) is 38.8 Å². The lowest BCUT2D eigenvalue weighted by Crippen LogP contribution is -2.49. The van der Waals surface area contributed by atoms with E-state index in [9.17, 15) is 5.11 Å². The van der Waals surface area contributed by atoms with Gasteiger partial charge >= 0.3 is 0 Å². The second-order valence-electron chi connectivity index (χ2n) is 7.69. The van der Waals surface area contributed by atoms with E-state index in [-0.39, 0.29) is 17.6 Å². The van der Waals surface area contributed by atoms with Crippen LogP contribution in [0, 0.1) is 0 Å². The highest BCUT2D eigenvalue weighted by molar-refractivity contribution is 5.06. The highest BCUT2D eigenvalue weighted by atomic mass is 16.5. The number of aliphatic hydroxyl groups is 1. The molecule has 1 aromatic heterocycles. The normalized spacial score (nSPS) is 30.3. The van der Waals surface area contributed by atoms with Gasteiger partial charge in [0.25, 0.3) is 0 Å². The third-order valence-electron chi connectivity index (χ3n) is 4.75. The summed E-state index contributed by atoms with van der Waals surface area (Å²) >= 11 is 0. The van der Waals surface area contributed by atoms with E-state index in [2.05, 4.69) is 36.4 Å². The van der Waals surface area contributed by atoms with Gasteiger partial charge in [0.05, 0.1) is 37.1 Å². The highest BCUT2D eigenvalue weighted by Gasteiger charge is 2.38. The van der Waals surface area contributed by atoms with Gasteiger partial charge in [0, 0.05) is 17.7 Å². The molecule has 2 aliphatic rings. The Morgan fingerprint density at radius 1 is 1.36 bits per heavy atom. The molecule has 6 nitrogen and oxygen atoms in total. The van der Waals surface area contributed by atoms with E-state index in [0.29, 0.717) is 19.2 Å². The lowest BCUT2D eigenvalue weighted by atomic mass is 9.93. The van der Waals surface area contributed by atoms with Crippen LogP contribution in [0.25, 0.3) is 0 Å². The van der Waals surface area contributed by atoms with Gasteiger partial charge in [0.1, 0.15) is 0 Å². The van der Waals surface area contributed by atoms with Gasteiger partial charge in [-0.2, -0.15) is 0 Å². The van der Waals surface area contributed by atoms with Crippen LogP contribution < -0.4 is 5.32 Å². The van der Waals surface area contributed by atoms with Crippen molar-refractivity contribution in [2.75, 3.05) is 6.61 Å². The molecule has 0 aromatic carbocycles. The zero-order valence-corrected chi connectivity index (χ0v) is 13.8. The molecule has 124 valence electrons. The molecule has 3 atom stereocenters. The van der Waals surface area contributed by atoms with Crippen molar-refractivity contribution >= 4 is 0 Å². The van der Waals surface area contributed by atoms with Gasteiger partial charge in [-0.25, -0.2) is 4.68 Å². The van der Waals surface area contributed by atoms with E-state index in [0.717, 1.165) is 5.69 Å². The summed E-state index contributed by atoms with van der Waals surface area (Å²) in [6.45, 7) is 7.41. The topological polar surface area (TPSA) is 72.2 Å². The standard InChI is InChI=1S/C16H28N4O2/c1-16(2,3)14-9-20(19-18-14)8-13-15(12(21)10-22-13)17-11-6-4-5-7-11/h9,11-13,15,17,21H,4-8,10H2,1-3H3/t12-,13+,15+/m0/s1. The molecule has 0 amide bonds. The first-order chi connectivity index (χ1) is 10.4. The van der Waals surface area contributed by atoms with E-state index in [1.54, 1.807) is 0 Å². The molecular weight excluding hydrogens is 280 g/mol. The average molecular weight is 308 g/mol. The fraction of sp³-hybridized carbons (Fsp3) is 0.875. The lowest BCUT2D eigenvalue weighted by Gasteiger charge is -2.25. The first-order valence-corrected chi connectivity index (χ1v) is 8.40. The number of ether oxygens (including phenoxy) is 1. The Bertz CT molecular complexity index is 491. The Morgan fingerprint density at radius 3 is 2.73 bits per heavy atom. The average Bonchev–Trinajstić information content (AvgIpc) is 3.15. The van der Waals surface area contributed by atoms with Gasteiger partial charge in [-0.15, -0.1) is 5.10 Å². The number of aliphatic hydroxyl groups excluding tert-OH is 1. The maximum Gasteiger partial charge on any atom is 0.0952 e. The van der Waals surface area contributed by atoms with E-state index < -0.39 is 6.10 Å². The van der Waals surface area contributed by atoms with Crippen LogP contribution >= 0.6 is 0 Å². The van der Waals surface area contributed by atoms with Gasteiger partial charge in [-0.05, 0) is 12.8 Å². The zero-order valence-electron chi connectivity index (χ0n) is 13.8. The van der Waals surface area contributed by atoms with E-state index in [1.807, 2.05) is 10.9 Å². The molecule has 1 aliphatic heterocycles. The molecule has 0 spiro atoms.